The van der Waals surface area contributed by atoms with E-state index >= 15 is 0 Å². The zero-order valence-electron chi connectivity index (χ0n) is 15.1. The average molecular weight is 320 g/mol. The van der Waals surface area contributed by atoms with Crippen molar-refractivity contribution in [3.05, 3.63) is 47.8 Å². The van der Waals surface area contributed by atoms with E-state index in [-0.39, 0.29) is 0 Å². The molecule has 2 aromatic rings. The lowest BCUT2D eigenvalue weighted by Crippen LogP contribution is -2.50. The fourth-order valence-electron chi connectivity index (χ4n) is 5.05. The molecule has 2 heterocycles. The van der Waals surface area contributed by atoms with Crippen LogP contribution in [0.2, 0.25) is 0 Å². The van der Waals surface area contributed by atoms with E-state index in [2.05, 4.69) is 44.0 Å². The maximum absolute atomic E-state index is 5.13. The number of aromatic nitrogens is 2. The summed E-state index contributed by atoms with van der Waals surface area (Å²) in [4.78, 5) is 9.62. The van der Waals surface area contributed by atoms with Gasteiger partial charge in [0, 0.05) is 17.8 Å². The van der Waals surface area contributed by atoms with Crippen LogP contribution in [0.4, 0.5) is 0 Å². The molecular formula is C22H28N2. The van der Waals surface area contributed by atoms with Gasteiger partial charge in [-0.3, -0.25) is 9.97 Å². The molecule has 2 bridgehead atoms. The van der Waals surface area contributed by atoms with E-state index in [0.717, 1.165) is 17.3 Å². The molecule has 0 unspecified atom stereocenters. The third-order valence-corrected chi connectivity index (χ3v) is 6.56. The van der Waals surface area contributed by atoms with Gasteiger partial charge in [0.25, 0.3) is 0 Å². The molecule has 2 heteroatoms. The minimum atomic E-state index is 0.443. The van der Waals surface area contributed by atoms with E-state index in [1.54, 1.807) is 0 Å². The molecule has 24 heavy (non-hydrogen) atoms. The summed E-state index contributed by atoms with van der Waals surface area (Å²) in [5, 5.41) is 0. The first kappa shape index (κ1) is 15.8. The summed E-state index contributed by atoms with van der Waals surface area (Å²) >= 11 is 0. The van der Waals surface area contributed by atoms with Gasteiger partial charge in [-0.25, -0.2) is 0 Å². The average Bonchev–Trinajstić information content (AvgIpc) is 2.61. The highest BCUT2D eigenvalue weighted by molar-refractivity contribution is 5.56. The quantitative estimate of drug-likeness (QED) is 0.636. The Kier molecular flexibility index (Phi) is 3.94. The fraction of sp³-hybridized carbons (Fsp3) is 0.545. The highest BCUT2D eigenvalue weighted by atomic mass is 14.8. The van der Waals surface area contributed by atoms with Crippen LogP contribution in [0.1, 0.15) is 76.0 Å². The molecule has 0 amide bonds. The number of unbranched alkanes of at least 4 members (excludes halogenated alkanes) is 2. The first-order valence-electron chi connectivity index (χ1n) is 9.55. The van der Waals surface area contributed by atoms with Gasteiger partial charge in [0.2, 0.25) is 0 Å². The highest BCUT2D eigenvalue weighted by Crippen LogP contribution is 2.67. The number of pyridine rings is 2. The molecular weight excluding hydrogens is 292 g/mol. The van der Waals surface area contributed by atoms with Crippen LogP contribution in [0.15, 0.2) is 36.5 Å². The van der Waals surface area contributed by atoms with Gasteiger partial charge in [-0.05, 0) is 53.9 Å². The molecule has 126 valence electrons. The molecule has 5 rings (SSSR count). The van der Waals surface area contributed by atoms with Gasteiger partial charge < -0.3 is 0 Å². The van der Waals surface area contributed by atoms with Crippen molar-refractivity contribution in [2.24, 2.45) is 11.3 Å². The molecule has 2 nitrogen and oxygen atoms in total. The number of nitrogens with zero attached hydrogens (tertiary/aromatic N) is 2. The van der Waals surface area contributed by atoms with Crippen LogP contribution in [-0.4, -0.2) is 9.97 Å². The van der Waals surface area contributed by atoms with E-state index in [0.29, 0.717) is 17.3 Å². The molecule has 0 saturated heterocycles. The van der Waals surface area contributed by atoms with Crippen molar-refractivity contribution in [3.63, 3.8) is 0 Å². The van der Waals surface area contributed by atoms with Crippen LogP contribution in [0, 0.1) is 11.3 Å². The van der Waals surface area contributed by atoms with E-state index in [1.165, 1.54) is 43.4 Å². The third kappa shape index (κ3) is 2.39. The summed E-state index contributed by atoms with van der Waals surface area (Å²) in [7, 11) is 0. The van der Waals surface area contributed by atoms with Gasteiger partial charge in [0.1, 0.15) is 0 Å². The van der Waals surface area contributed by atoms with Gasteiger partial charge >= 0.3 is 0 Å². The predicted octanol–water partition coefficient (Wildman–Crippen LogP) is 5.95. The standard InChI is InChI=1S/C22H28N2/c1-4-5-6-9-15-17-14-18(22(17,2)3)16-11-12-20(24-21(15)16)19-10-7-8-13-23-19/h7-8,10-13,15,17-18H,4-6,9,14H2,1-3H3/t15-,17+,18-/m0/s1. The van der Waals surface area contributed by atoms with Crippen molar-refractivity contribution >= 4 is 0 Å². The predicted molar refractivity (Wildman–Crippen MR) is 99.0 cm³/mol. The van der Waals surface area contributed by atoms with Crippen LogP contribution < -0.4 is 0 Å². The molecule has 3 atom stereocenters. The van der Waals surface area contributed by atoms with Crippen molar-refractivity contribution in [1.82, 2.24) is 9.97 Å². The van der Waals surface area contributed by atoms with E-state index in [4.69, 9.17) is 4.98 Å². The van der Waals surface area contributed by atoms with Gasteiger partial charge in [-0.1, -0.05) is 52.2 Å². The SMILES string of the molecule is CCCCC[C@@H]1c2nc(-c3ccccn3)ccc2[C@@H]2C[C@H]1C2(C)C. The second kappa shape index (κ2) is 5.98. The second-order valence-electron chi connectivity index (χ2n) is 8.20. The summed E-state index contributed by atoms with van der Waals surface area (Å²) in [6, 6.07) is 10.6. The van der Waals surface area contributed by atoms with Crippen molar-refractivity contribution < 1.29 is 0 Å². The summed E-state index contributed by atoms with van der Waals surface area (Å²) in [5.74, 6) is 2.14. The molecule has 0 aromatic carbocycles. The van der Waals surface area contributed by atoms with Gasteiger partial charge in [0.15, 0.2) is 0 Å². The Balaban J connectivity index is 1.72. The normalized spacial score (nSPS) is 26.5. The van der Waals surface area contributed by atoms with Crippen LogP contribution in [0.3, 0.4) is 0 Å². The number of hydrogen-bond acceptors (Lipinski definition) is 2. The maximum atomic E-state index is 5.13. The maximum Gasteiger partial charge on any atom is 0.0889 e. The zero-order valence-corrected chi connectivity index (χ0v) is 15.1. The Morgan fingerprint density at radius 2 is 1.96 bits per heavy atom. The van der Waals surface area contributed by atoms with Crippen molar-refractivity contribution in [2.45, 2.75) is 64.7 Å². The first-order chi connectivity index (χ1) is 11.6. The van der Waals surface area contributed by atoms with Crippen LogP contribution in [-0.2, 0) is 0 Å². The summed E-state index contributed by atoms with van der Waals surface area (Å²) in [6.07, 6.45) is 8.46. The van der Waals surface area contributed by atoms with E-state index in [1.807, 2.05) is 18.3 Å². The summed E-state index contributed by atoms with van der Waals surface area (Å²) < 4.78 is 0. The van der Waals surface area contributed by atoms with Crippen LogP contribution in [0.5, 0.6) is 0 Å². The first-order valence-corrected chi connectivity index (χ1v) is 9.55. The van der Waals surface area contributed by atoms with Gasteiger partial charge in [-0.2, -0.15) is 0 Å². The Morgan fingerprint density at radius 1 is 1.08 bits per heavy atom. The topological polar surface area (TPSA) is 25.8 Å². The van der Waals surface area contributed by atoms with Crippen molar-refractivity contribution in [3.8, 4) is 11.4 Å². The zero-order chi connectivity index (χ0) is 16.7. The highest BCUT2D eigenvalue weighted by Gasteiger charge is 2.57. The lowest BCUT2D eigenvalue weighted by Gasteiger charge is -2.60. The van der Waals surface area contributed by atoms with Gasteiger partial charge in [-0.15, -0.1) is 0 Å². The van der Waals surface area contributed by atoms with Crippen LogP contribution >= 0.6 is 0 Å². The Bertz CT molecular complexity index is 720. The molecule has 0 spiro atoms. The van der Waals surface area contributed by atoms with E-state index in [9.17, 15) is 0 Å². The third-order valence-electron chi connectivity index (χ3n) is 6.56. The largest absolute Gasteiger partial charge is 0.255 e. The monoisotopic (exact) mass is 320 g/mol. The molecule has 0 aliphatic heterocycles. The Morgan fingerprint density at radius 3 is 2.67 bits per heavy atom. The molecule has 0 radical (unpaired) electrons. The fourth-order valence-corrected chi connectivity index (χ4v) is 5.05. The summed E-state index contributed by atoms with van der Waals surface area (Å²) in [6.45, 7) is 7.22. The van der Waals surface area contributed by atoms with Crippen molar-refractivity contribution in [1.29, 1.82) is 0 Å². The Labute approximate surface area is 145 Å². The van der Waals surface area contributed by atoms with E-state index < -0.39 is 0 Å². The van der Waals surface area contributed by atoms with Crippen molar-refractivity contribution in [2.75, 3.05) is 0 Å². The van der Waals surface area contributed by atoms with Crippen LogP contribution in [0.25, 0.3) is 11.4 Å². The molecule has 0 N–H and O–H groups in total. The Hall–Kier alpha value is -1.70. The molecule has 3 aliphatic carbocycles. The summed E-state index contributed by atoms with van der Waals surface area (Å²) in [5.41, 5.74) is 5.37. The number of rotatable bonds is 5. The minimum Gasteiger partial charge on any atom is -0.255 e. The molecule has 1 saturated carbocycles. The minimum absolute atomic E-state index is 0.443. The second-order valence-corrected chi connectivity index (χ2v) is 8.20. The number of hydrogen-bond donors (Lipinski definition) is 0. The molecule has 1 fully saturated rings. The lowest BCUT2D eigenvalue weighted by molar-refractivity contribution is -0.0103. The smallest absolute Gasteiger partial charge is 0.0889 e. The lowest BCUT2D eigenvalue weighted by atomic mass is 9.44. The molecule has 3 aliphatic rings. The molecule has 2 aromatic heterocycles. The van der Waals surface area contributed by atoms with Gasteiger partial charge in [0.05, 0.1) is 11.4 Å².